The number of carbonyl (C=O) groups excluding carboxylic acids is 1. The lowest BCUT2D eigenvalue weighted by Gasteiger charge is -2.34. The number of aliphatic carboxylic acids is 1. The van der Waals surface area contributed by atoms with E-state index in [0.717, 1.165) is 5.56 Å². The van der Waals surface area contributed by atoms with Gasteiger partial charge < -0.3 is 15.1 Å². The maximum atomic E-state index is 12.2. The number of phenolic OH excluding ortho intramolecular Hbond substituents is 1. The molecule has 2 unspecified atom stereocenters. The highest BCUT2D eigenvalue weighted by Crippen LogP contribution is 2.22. The summed E-state index contributed by atoms with van der Waals surface area (Å²) in [5.74, 6) is -0.998. The Morgan fingerprint density at radius 1 is 1.25 bits per heavy atom. The molecule has 5 nitrogen and oxygen atoms in total. The van der Waals surface area contributed by atoms with Gasteiger partial charge in [-0.3, -0.25) is 9.59 Å². The number of benzene rings is 1. The molecule has 0 saturated carbocycles. The van der Waals surface area contributed by atoms with Crippen molar-refractivity contribution < 1.29 is 19.8 Å². The Balaban J connectivity index is 2.01. The molecule has 5 heteroatoms. The summed E-state index contributed by atoms with van der Waals surface area (Å²) in [7, 11) is 0. The number of hydrogen-bond acceptors (Lipinski definition) is 3. The van der Waals surface area contributed by atoms with Crippen LogP contribution in [0.2, 0.25) is 0 Å². The summed E-state index contributed by atoms with van der Waals surface area (Å²) in [5.41, 5.74) is 0.818. The first kappa shape index (κ1) is 14.4. The molecular formula is C15H19NO4. The van der Waals surface area contributed by atoms with E-state index in [1.165, 1.54) is 0 Å². The molecule has 0 radical (unpaired) electrons. The molecule has 0 aliphatic carbocycles. The number of nitrogens with zero attached hydrogens (tertiary/aromatic N) is 1. The Hall–Kier alpha value is -2.04. The van der Waals surface area contributed by atoms with Crippen LogP contribution in [-0.2, 0) is 16.0 Å². The Labute approximate surface area is 117 Å². The van der Waals surface area contributed by atoms with Crippen molar-refractivity contribution in [2.75, 3.05) is 13.1 Å². The van der Waals surface area contributed by atoms with Gasteiger partial charge in [0.15, 0.2) is 0 Å². The monoisotopic (exact) mass is 277 g/mol. The van der Waals surface area contributed by atoms with Crippen LogP contribution in [0.4, 0.5) is 0 Å². The second-order valence-electron chi connectivity index (χ2n) is 5.52. The minimum absolute atomic E-state index is 0.0616. The first-order valence-corrected chi connectivity index (χ1v) is 6.74. The number of aromatic hydroxyl groups is 1. The van der Waals surface area contributed by atoms with Gasteiger partial charge in [0.2, 0.25) is 5.91 Å². The molecule has 0 spiro atoms. The summed E-state index contributed by atoms with van der Waals surface area (Å²) in [6.07, 6.45) is 0.859. The number of amides is 1. The van der Waals surface area contributed by atoms with Crippen molar-refractivity contribution in [1.82, 2.24) is 4.90 Å². The van der Waals surface area contributed by atoms with Crippen LogP contribution in [0.15, 0.2) is 24.3 Å². The van der Waals surface area contributed by atoms with Crippen LogP contribution in [-0.4, -0.2) is 40.1 Å². The van der Waals surface area contributed by atoms with Crippen molar-refractivity contribution in [2.45, 2.75) is 19.8 Å². The Morgan fingerprint density at radius 3 is 2.50 bits per heavy atom. The third-order valence-electron chi connectivity index (χ3n) is 3.65. The molecule has 2 N–H and O–H groups in total. The summed E-state index contributed by atoms with van der Waals surface area (Å²) >= 11 is 0. The van der Waals surface area contributed by atoms with Gasteiger partial charge in [0, 0.05) is 13.1 Å². The summed E-state index contributed by atoms with van der Waals surface area (Å²) in [6.45, 7) is 2.87. The molecular weight excluding hydrogens is 258 g/mol. The molecule has 1 amide bonds. The van der Waals surface area contributed by atoms with E-state index in [-0.39, 0.29) is 30.5 Å². The van der Waals surface area contributed by atoms with Crippen LogP contribution in [0.25, 0.3) is 0 Å². The van der Waals surface area contributed by atoms with Crippen LogP contribution >= 0.6 is 0 Å². The predicted octanol–water partition coefficient (Wildman–Crippen LogP) is 1.50. The Morgan fingerprint density at radius 2 is 1.90 bits per heavy atom. The minimum atomic E-state index is -0.834. The molecule has 1 saturated heterocycles. The van der Waals surface area contributed by atoms with Gasteiger partial charge in [-0.05, 0) is 30.0 Å². The van der Waals surface area contributed by atoms with Crippen LogP contribution < -0.4 is 0 Å². The lowest BCUT2D eigenvalue weighted by molar-refractivity contribution is -0.146. The average molecular weight is 277 g/mol. The first-order chi connectivity index (χ1) is 9.45. The van der Waals surface area contributed by atoms with Gasteiger partial charge in [0.1, 0.15) is 5.75 Å². The summed E-state index contributed by atoms with van der Waals surface area (Å²) in [5, 5.41) is 18.3. The van der Waals surface area contributed by atoms with Gasteiger partial charge in [-0.15, -0.1) is 0 Å². The van der Waals surface area contributed by atoms with Crippen molar-refractivity contribution in [1.29, 1.82) is 0 Å². The summed E-state index contributed by atoms with van der Waals surface area (Å²) in [6, 6.07) is 6.49. The van der Waals surface area contributed by atoms with E-state index in [1.54, 1.807) is 29.2 Å². The smallest absolute Gasteiger partial charge is 0.308 e. The molecule has 0 aromatic heterocycles. The number of carboxylic acids is 1. The molecule has 1 fully saturated rings. The standard InChI is InChI=1S/C15H19NO4/c1-10-6-12(15(19)20)9-16(8-10)14(18)7-11-2-4-13(17)5-3-11/h2-5,10,12,17H,6-9H2,1H3,(H,19,20). The quantitative estimate of drug-likeness (QED) is 0.877. The van der Waals surface area contributed by atoms with Crippen LogP contribution in [0.3, 0.4) is 0 Å². The lowest BCUT2D eigenvalue weighted by Crippen LogP contribution is -2.46. The van der Waals surface area contributed by atoms with Crippen molar-refractivity contribution in [3.63, 3.8) is 0 Å². The molecule has 2 atom stereocenters. The number of carboxylic acid groups (broad SMARTS) is 1. The third kappa shape index (κ3) is 3.50. The number of piperidine rings is 1. The van der Waals surface area contributed by atoms with Crippen LogP contribution in [0.1, 0.15) is 18.9 Å². The number of rotatable bonds is 3. The zero-order valence-corrected chi connectivity index (χ0v) is 11.5. The zero-order chi connectivity index (χ0) is 14.7. The van der Waals surface area contributed by atoms with E-state index in [9.17, 15) is 14.7 Å². The van der Waals surface area contributed by atoms with E-state index >= 15 is 0 Å². The van der Waals surface area contributed by atoms with Gasteiger partial charge in [0.25, 0.3) is 0 Å². The lowest BCUT2D eigenvalue weighted by atomic mass is 9.90. The molecule has 1 aliphatic rings. The van der Waals surface area contributed by atoms with Crippen molar-refractivity contribution >= 4 is 11.9 Å². The fourth-order valence-corrected chi connectivity index (χ4v) is 2.63. The number of carbonyl (C=O) groups is 2. The maximum Gasteiger partial charge on any atom is 0.308 e. The fourth-order valence-electron chi connectivity index (χ4n) is 2.63. The third-order valence-corrected chi connectivity index (χ3v) is 3.65. The van der Waals surface area contributed by atoms with E-state index in [4.69, 9.17) is 5.11 Å². The molecule has 1 heterocycles. The second-order valence-corrected chi connectivity index (χ2v) is 5.52. The van der Waals surface area contributed by atoms with Crippen molar-refractivity contribution in [2.24, 2.45) is 11.8 Å². The second kappa shape index (κ2) is 5.94. The molecule has 1 aliphatic heterocycles. The van der Waals surface area contributed by atoms with E-state index in [1.807, 2.05) is 6.92 Å². The van der Waals surface area contributed by atoms with Gasteiger partial charge in [0.05, 0.1) is 12.3 Å². The van der Waals surface area contributed by atoms with E-state index in [0.29, 0.717) is 13.0 Å². The topological polar surface area (TPSA) is 77.8 Å². The van der Waals surface area contributed by atoms with Gasteiger partial charge >= 0.3 is 5.97 Å². The summed E-state index contributed by atoms with van der Waals surface area (Å²) in [4.78, 5) is 25.0. The highest BCUT2D eigenvalue weighted by atomic mass is 16.4. The zero-order valence-electron chi connectivity index (χ0n) is 11.5. The van der Waals surface area contributed by atoms with Gasteiger partial charge in [-0.25, -0.2) is 0 Å². The molecule has 0 bridgehead atoms. The van der Waals surface area contributed by atoms with Gasteiger partial charge in [-0.2, -0.15) is 0 Å². The highest BCUT2D eigenvalue weighted by Gasteiger charge is 2.31. The average Bonchev–Trinajstić information content (AvgIpc) is 2.40. The van der Waals surface area contributed by atoms with Crippen molar-refractivity contribution in [3.05, 3.63) is 29.8 Å². The first-order valence-electron chi connectivity index (χ1n) is 6.74. The van der Waals surface area contributed by atoms with Crippen LogP contribution in [0.5, 0.6) is 5.75 Å². The van der Waals surface area contributed by atoms with Gasteiger partial charge in [-0.1, -0.05) is 19.1 Å². The SMILES string of the molecule is CC1CC(C(=O)O)CN(C(=O)Cc2ccc(O)cc2)C1. The molecule has 1 aromatic rings. The maximum absolute atomic E-state index is 12.2. The largest absolute Gasteiger partial charge is 0.508 e. The molecule has 2 rings (SSSR count). The number of phenols is 1. The Bertz CT molecular complexity index is 497. The fraction of sp³-hybridized carbons (Fsp3) is 0.467. The van der Waals surface area contributed by atoms with Crippen molar-refractivity contribution in [3.8, 4) is 5.75 Å². The molecule has 108 valence electrons. The molecule has 1 aromatic carbocycles. The number of hydrogen-bond donors (Lipinski definition) is 2. The van der Waals surface area contributed by atoms with E-state index in [2.05, 4.69) is 0 Å². The highest BCUT2D eigenvalue weighted by molar-refractivity contribution is 5.80. The Kier molecular flexibility index (Phi) is 4.27. The minimum Gasteiger partial charge on any atom is -0.508 e. The van der Waals surface area contributed by atoms with E-state index < -0.39 is 11.9 Å². The predicted molar refractivity (Wildman–Crippen MR) is 73.3 cm³/mol. The normalized spacial score (nSPS) is 22.6. The number of likely N-dealkylation sites (tertiary alicyclic amines) is 1. The molecule has 20 heavy (non-hydrogen) atoms. The van der Waals surface area contributed by atoms with Crippen LogP contribution in [0, 0.1) is 11.8 Å². The summed E-state index contributed by atoms with van der Waals surface area (Å²) < 4.78 is 0.